The van der Waals surface area contributed by atoms with Crippen molar-refractivity contribution in [1.29, 1.82) is 0 Å². The van der Waals surface area contributed by atoms with Crippen molar-refractivity contribution >= 4 is 11.9 Å². The van der Waals surface area contributed by atoms with Gasteiger partial charge in [-0.15, -0.1) is 0 Å². The van der Waals surface area contributed by atoms with Crippen LogP contribution >= 0.6 is 0 Å². The summed E-state index contributed by atoms with van der Waals surface area (Å²) in [5.74, 6) is -0.937. The zero-order valence-corrected chi connectivity index (χ0v) is 14.0. The molecule has 0 aliphatic heterocycles. The highest BCUT2D eigenvalue weighted by molar-refractivity contribution is 5.95. The van der Waals surface area contributed by atoms with Crippen LogP contribution in [0.25, 0.3) is 5.69 Å². The molecule has 1 aromatic carbocycles. The topological polar surface area (TPSA) is 64.4 Å². The van der Waals surface area contributed by atoms with Gasteiger partial charge in [-0.2, -0.15) is 5.10 Å². The fraction of sp³-hybridized carbons (Fsp3) is 0.353. The van der Waals surface area contributed by atoms with E-state index in [4.69, 9.17) is 0 Å². The van der Waals surface area contributed by atoms with Crippen LogP contribution in [0, 0.1) is 12.7 Å². The fourth-order valence-electron chi connectivity index (χ4n) is 2.36. The molecule has 0 fully saturated rings. The van der Waals surface area contributed by atoms with Gasteiger partial charge in [0.05, 0.1) is 24.6 Å². The van der Waals surface area contributed by atoms with Crippen LogP contribution in [0.2, 0.25) is 0 Å². The van der Waals surface area contributed by atoms with Crippen molar-refractivity contribution in [3.05, 3.63) is 47.5 Å². The number of amides is 1. The second kappa shape index (κ2) is 7.72. The van der Waals surface area contributed by atoms with Crippen LogP contribution < -0.4 is 0 Å². The summed E-state index contributed by atoms with van der Waals surface area (Å²) in [5.41, 5.74) is 1.26. The minimum absolute atomic E-state index is 0.222. The number of nitrogens with zero attached hydrogens (tertiary/aromatic N) is 3. The van der Waals surface area contributed by atoms with Gasteiger partial charge in [0, 0.05) is 20.0 Å². The van der Waals surface area contributed by atoms with E-state index in [2.05, 4.69) is 9.84 Å². The van der Waals surface area contributed by atoms with Gasteiger partial charge in [-0.25, -0.2) is 9.07 Å². The Kier molecular flexibility index (Phi) is 5.68. The van der Waals surface area contributed by atoms with Crippen LogP contribution in [0.4, 0.5) is 4.39 Å². The number of benzene rings is 1. The Balaban J connectivity index is 2.11. The predicted octanol–water partition coefficient (Wildman–Crippen LogP) is 2.35. The van der Waals surface area contributed by atoms with Crippen molar-refractivity contribution in [3.63, 3.8) is 0 Å². The number of hydrogen-bond donors (Lipinski definition) is 0. The quantitative estimate of drug-likeness (QED) is 0.761. The summed E-state index contributed by atoms with van der Waals surface area (Å²) in [6.45, 7) is 2.13. The van der Waals surface area contributed by atoms with Crippen molar-refractivity contribution in [3.8, 4) is 5.69 Å². The standard InChI is InChI=1S/C17H20FN3O3/c1-12-13(17(23)20(2)10-6-9-16(22)24-3)11-19-21(12)15-8-5-4-7-14(15)18/h4-5,7-8,11H,6,9-10H2,1-3H3. The molecule has 0 unspecified atom stereocenters. The average Bonchev–Trinajstić information content (AvgIpc) is 2.95. The zero-order chi connectivity index (χ0) is 17.7. The van der Waals surface area contributed by atoms with Crippen LogP contribution in [0.5, 0.6) is 0 Å². The highest BCUT2D eigenvalue weighted by atomic mass is 19.1. The molecular weight excluding hydrogens is 313 g/mol. The monoisotopic (exact) mass is 333 g/mol. The number of carbonyl (C=O) groups is 2. The second-order valence-electron chi connectivity index (χ2n) is 5.41. The number of para-hydroxylation sites is 1. The van der Waals surface area contributed by atoms with Crippen molar-refractivity contribution < 1.29 is 18.7 Å². The molecule has 7 heteroatoms. The third kappa shape index (κ3) is 3.79. The highest BCUT2D eigenvalue weighted by Crippen LogP contribution is 2.18. The number of esters is 1. The Bertz CT molecular complexity index is 742. The molecule has 0 saturated carbocycles. The van der Waals surface area contributed by atoms with E-state index in [1.54, 1.807) is 32.2 Å². The molecule has 0 bridgehead atoms. The van der Waals surface area contributed by atoms with Gasteiger partial charge in [0.1, 0.15) is 11.5 Å². The lowest BCUT2D eigenvalue weighted by molar-refractivity contribution is -0.140. The van der Waals surface area contributed by atoms with Gasteiger partial charge in [0.25, 0.3) is 5.91 Å². The third-order valence-electron chi connectivity index (χ3n) is 3.77. The molecule has 0 atom stereocenters. The first kappa shape index (κ1) is 17.7. The van der Waals surface area contributed by atoms with Crippen LogP contribution in [-0.2, 0) is 9.53 Å². The maximum Gasteiger partial charge on any atom is 0.305 e. The normalized spacial score (nSPS) is 10.5. The zero-order valence-electron chi connectivity index (χ0n) is 14.0. The lowest BCUT2D eigenvalue weighted by Gasteiger charge is -2.16. The summed E-state index contributed by atoms with van der Waals surface area (Å²) >= 11 is 0. The summed E-state index contributed by atoms with van der Waals surface area (Å²) in [4.78, 5) is 25.1. The Labute approximate surface area is 139 Å². The van der Waals surface area contributed by atoms with Gasteiger partial charge < -0.3 is 9.64 Å². The summed E-state index contributed by atoms with van der Waals surface area (Å²) in [6, 6.07) is 6.25. The first-order chi connectivity index (χ1) is 11.5. The van der Waals surface area contributed by atoms with Crippen molar-refractivity contribution in [2.45, 2.75) is 19.8 Å². The Morgan fingerprint density at radius 1 is 1.33 bits per heavy atom. The number of ether oxygens (including phenoxy) is 1. The van der Waals surface area contributed by atoms with E-state index in [-0.39, 0.29) is 18.3 Å². The molecule has 0 aliphatic carbocycles. The van der Waals surface area contributed by atoms with Crippen molar-refractivity contribution in [2.24, 2.45) is 0 Å². The lowest BCUT2D eigenvalue weighted by Crippen LogP contribution is -2.28. The van der Waals surface area contributed by atoms with Crippen LogP contribution in [-0.4, -0.2) is 47.3 Å². The average molecular weight is 333 g/mol. The van der Waals surface area contributed by atoms with Gasteiger partial charge in [-0.3, -0.25) is 9.59 Å². The maximum atomic E-state index is 13.9. The third-order valence-corrected chi connectivity index (χ3v) is 3.77. The van der Waals surface area contributed by atoms with E-state index < -0.39 is 5.82 Å². The summed E-state index contributed by atoms with van der Waals surface area (Å²) < 4.78 is 19.9. The van der Waals surface area contributed by atoms with E-state index in [0.29, 0.717) is 29.9 Å². The number of halogens is 1. The molecule has 2 rings (SSSR count). The molecule has 128 valence electrons. The van der Waals surface area contributed by atoms with Crippen LogP contribution in [0.15, 0.2) is 30.5 Å². The molecule has 6 nitrogen and oxygen atoms in total. The minimum atomic E-state index is -0.408. The molecule has 1 heterocycles. The van der Waals surface area contributed by atoms with E-state index in [1.165, 1.54) is 29.0 Å². The van der Waals surface area contributed by atoms with Gasteiger partial charge in [-0.05, 0) is 25.5 Å². The smallest absolute Gasteiger partial charge is 0.305 e. The molecule has 24 heavy (non-hydrogen) atoms. The summed E-state index contributed by atoms with van der Waals surface area (Å²) in [7, 11) is 2.98. The number of aromatic nitrogens is 2. The van der Waals surface area contributed by atoms with E-state index in [0.717, 1.165) is 0 Å². The molecule has 1 aromatic heterocycles. The Morgan fingerprint density at radius 3 is 2.71 bits per heavy atom. The molecule has 2 aromatic rings. The van der Waals surface area contributed by atoms with E-state index >= 15 is 0 Å². The highest BCUT2D eigenvalue weighted by Gasteiger charge is 2.19. The van der Waals surface area contributed by atoms with Crippen molar-refractivity contribution in [1.82, 2.24) is 14.7 Å². The Hall–Kier alpha value is -2.70. The van der Waals surface area contributed by atoms with Gasteiger partial charge >= 0.3 is 5.97 Å². The summed E-state index contributed by atoms with van der Waals surface area (Å²) in [5, 5.41) is 4.13. The second-order valence-corrected chi connectivity index (χ2v) is 5.41. The number of methoxy groups -OCH3 is 1. The van der Waals surface area contributed by atoms with Gasteiger partial charge in [0.15, 0.2) is 0 Å². The first-order valence-corrected chi connectivity index (χ1v) is 7.57. The Morgan fingerprint density at radius 2 is 2.04 bits per heavy atom. The molecular formula is C17H20FN3O3. The molecule has 0 radical (unpaired) electrons. The fourth-order valence-corrected chi connectivity index (χ4v) is 2.36. The van der Waals surface area contributed by atoms with Gasteiger partial charge in [-0.1, -0.05) is 12.1 Å². The number of hydrogen-bond acceptors (Lipinski definition) is 4. The first-order valence-electron chi connectivity index (χ1n) is 7.57. The van der Waals surface area contributed by atoms with Crippen LogP contribution in [0.3, 0.4) is 0 Å². The number of rotatable bonds is 6. The van der Waals surface area contributed by atoms with E-state index in [1.807, 2.05) is 0 Å². The molecule has 1 amide bonds. The molecule has 0 aliphatic rings. The van der Waals surface area contributed by atoms with Gasteiger partial charge in [0.2, 0.25) is 0 Å². The minimum Gasteiger partial charge on any atom is -0.469 e. The SMILES string of the molecule is COC(=O)CCCN(C)C(=O)c1cnn(-c2ccccc2F)c1C. The summed E-state index contributed by atoms with van der Waals surface area (Å²) in [6.07, 6.45) is 2.19. The lowest BCUT2D eigenvalue weighted by atomic mass is 10.2. The van der Waals surface area contributed by atoms with Crippen molar-refractivity contribution in [2.75, 3.05) is 20.7 Å². The largest absolute Gasteiger partial charge is 0.469 e. The molecule has 0 N–H and O–H groups in total. The van der Waals surface area contributed by atoms with E-state index in [9.17, 15) is 14.0 Å². The molecule has 0 spiro atoms. The number of carbonyl (C=O) groups excluding carboxylic acids is 2. The maximum absolute atomic E-state index is 13.9. The van der Waals surface area contributed by atoms with Crippen LogP contribution in [0.1, 0.15) is 28.9 Å². The predicted molar refractivity (Wildman–Crippen MR) is 86.5 cm³/mol. The molecule has 0 saturated heterocycles.